The van der Waals surface area contributed by atoms with Crippen molar-refractivity contribution in [2.45, 2.75) is 111 Å². The van der Waals surface area contributed by atoms with Crippen molar-refractivity contribution < 1.29 is 23.2 Å². The van der Waals surface area contributed by atoms with Gasteiger partial charge >= 0.3 is 0 Å². The average molecular weight is 640 g/mol. The summed E-state index contributed by atoms with van der Waals surface area (Å²) in [5, 5.41) is 3.00. The summed E-state index contributed by atoms with van der Waals surface area (Å²) in [4.78, 5) is 44.2. The molecule has 2 fully saturated rings. The minimum atomic E-state index is -0.631. The van der Waals surface area contributed by atoms with Gasteiger partial charge in [-0.3, -0.25) is 14.4 Å². The SMILES string of the molecule is CC.CC.CC(C)C(=O)C(C1CCCCC1)N1CCc2c(cccc2C2CCCN(C(=O)CNCc3ccc(F)cc3F)C2)C1=O. The predicted molar refractivity (Wildman–Crippen MR) is 181 cm³/mol. The normalized spacial score (nSPS) is 19.0. The third-order valence-electron chi connectivity index (χ3n) is 9.42. The summed E-state index contributed by atoms with van der Waals surface area (Å²) in [6, 6.07) is 9.01. The van der Waals surface area contributed by atoms with Gasteiger partial charge in [0.15, 0.2) is 5.78 Å². The zero-order valence-corrected chi connectivity index (χ0v) is 28.8. The Kier molecular flexibility index (Phi) is 14.8. The van der Waals surface area contributed by atoms with Crippen LogP contribution in [0.2, 0.25) is 0 Å². The maximum Gasteiger partial charge on any atom is 0.254 e. The number of rotatable bonds is 9. The quantitative estimate of drug-likeness (QED) is 0.306. The van der Waals surface area contributed by atoms with E-state index >= 15 is 0 Å². The maximum atomic E-state index is 14.0. The molecule has 6 nitrogen and oxygen atoms in total. The van der Waals surface area contributed by atoms with Gasteiger partial charge in [-0.15, -0.1) is 0 Å². The van der Waals surface area contributed by atoms with E-state index in [1.165, 1.54) is 18.6 Å². The Labute approximate surface area is 275 Å². The molecule has 0 aromatic heterocycles. The topological polar surface area (TPSA) is 69.7 Å². The first-order valence-corrected chi connectivity index (χ1v) is 17.6. The number of hydrogen-bond acceptors (Lipinski definition) is 4. The summed E-state index contributed by atoms with van der Waals surface area (Å²) in [6.07, 6.45) is 7.93. The highest BCUT2D eigenvalue weighted by atomic mass is 19.1. The number of carbonyl (C=O) groups excluding carboxylic acids is 3. The molecule has 0 radical (unpaired) electrons. The van der Waals surface area contributed by atoms with E-state index in [9.17, 15) is 23.2 Å². The van der Waals surface area contributed by atoms with E-state index in [1.54, 1.807) is 0 Å². The first-order valence-electron chi connectivity index (χ1n) is 17.6. The minimum absolute atomic E-state index is 0.0383. The van der Waals surface area contributed by atoms with Crippen LogP contribution < -0.4 is 5.32 Å². The molecule has 1 saturated carbocycles. The number of benzene rings is 2. The molecular weight excluding hydrogens is 584 g/mol. The summed E-state index contributed by atoms with van der Waals surface area (Å²) in [7, 11) is 0. The summed E-state index contributed by atoms with van der Waals surface area (Å²) >= 11 is 0. The van der Waals surface area contributed by atoms with Crippen LogP contribution in [0.3, 0.4) is 0 Å². The average Bonchev–Trinajstić information content (AvgIpc) is 3.09. The van der Waals surface area contributed by atoms with Crippen LogP contribution in [0.4, 0.5) is 8.78 Å². The van der Waals surface area contributed by atoms with Gasteiger partial charge in [-0.1, -0.05) is 79.0 Å². The van der Waals surface area contributed by atoms with Crippen LogP contribution in [0, 0.1) is 23.5 Å². The van der Waals surface area contributed by atoms with Gasteiger partial charge in [-0.25, -0.2) is 8.78 Å². The van der Waals surface area contributed by atoms with Crippen LogP contribution in [0.25, 0.3) is 0 Å². The van der Waals surface area contributed by atoms with Gasteiger partial charge in [0.05, 0.1) is 12.6 Å². The Hall–Kier alpha value is -3.13. The standard InChI is InChI=1S/C34H43F2N3O3.2C2H6/c1-22(2)33(41)32(23-8-4-3-5-9-23)39-17-15-28-27(11-6-12-29(28)34(39)42)25-10-7-16-38(21-25)31(40)20-37-19-24-13-14-26(35)18-30(24)36;2*1-2/h6,11-14,18,22-23,25,32,37H,3-5,7-10,15-17,19-21H2,1-2H3;2*1-2H3. The zero-order chi connectivity index (χ0) is 33.8. The Balaban J connectivity index is 0.00000139. The molecule has 0 spiro atoms. The number of piperidine rings is 1. The minimum Gasteiger partial charge on any atom is -0.341 e. The molecule has 254 valence electrons. The molecule has 2 unspecified atom stereocenters. The van der Waals surface area contributed by atoms with Crippen molar-refractivity contribution in [3.63, 3.8) is 0 Å². The summed E-state index contributed by atoms with van der Waals surface area (Å²) in [6.45, 7) is 13.8. The molecule has 0 bridgehead atoms. The van der Waals surface area contributed by atoms with Crippen LogP contribution in [-0.2, 0) is 22.6 Å². The summed E-state index contributed by atoms with van der Waals surface area (Å²) in [5.74, 6) is -0.947. The Morgan fingerprint density at radius 3 is 2.33 bits per heavy atom. The van der Waals surface area contributed by atoms with Crippen molar-refractivity contribution in [1.82, 2.24) is 15.1 Å². The summed E-state index contributed by atoms with van der Waals surface area (Å²) < 4.78 is 27.1. The number of carbonyl (C=O) groups is 3. The number of fused-ring (bicyclic) bond motifs is 1. The van der Waals surface area contributed by atoms with E-state index in [0.29, 0.717) is 37.2 Å². The number of likely N-dealkylation sites (tertiary alicyclic amines) is 1. The molecule has 1 N–H and O–H groups in total. The van der Waals surface area contributed by atoms with Crippen LogP contribution in [0.1, 0.15) is 119 Å². The zero-order valence-electron chi connectivity index (χ0n) is 28.8. The Bertz CT molecular complexity index is 1310. The Morgan fingerprint density at radius 2 is 1.65 bits per heavy atom. The highest BCUT2D eigenvalue weighted by Crippen LogP contribution is 2.37. The number of nitrogens with one attached hydrogen (secondary N) is 1. The molecule has 2 amide bonds. The lowest BCUT2D eigenvalue weighted by molar-refractivity contribution is -0.131. The third-order valence-corrected chi connectivity index (χ3v) is 9.42. The molecule has 2 atom stereocenters. The number of nitrogens with zero attached hydrogens (tertiary/aromatic N) is 2. The lowest BCUT2D eigenvalue weighted by Gasteiger charge is -2.42. The fourth-order valence-corrected chi connectivity index (χ4v) is 7.19. The van der Waals surface area contributed by atoms with Gasteiger partial charge in [0, 0.05) is 55.2 Å². The molecular formula is C38H55F2N3O3. The maximum absolute atomic E-state index is 14.0. The van der Waals surface area contributed by atoms with E-state index in [2.05, 4.69) is 11.4 Å². The molecule has 2 aliphatic heterocycles. The third kappa shape index (κ3) is 9.02. The molecule has 1 aliphatic carbocycles. The van der Waals surface area contributed by atoms with Crippen LogP contribution in [-0.4, -0.2) is 59.6 Å². The fraction of sp³-hybridized carbons (Fsp3) is 0.605. The second kappa shape index (κ2) is 18.3. The number of ketones is 1. The van der Waals surface area contributed by atoms with Crippen LogP contribution >= 0.6 is 0 Å². The van der Waals surface area contributed by atoms with Gasteiger partial charge in [0.1, 0.15) is 11.6 Å². The van der Waals surface area contributed by atoms with Gasteiger partial charge < -0.3 is 15.1 Å². The molecule has 2 aromatic rings. The molecule has 2 aromatic carbocycles. The van der Waals surface area contributed by atoms with Gasteiger partial charge in [0.2, 0.25) is 5.91 Å². The second-order valence-electron chi connectivity index (χ2n) is 12.5. The van der Waals surface area contributed by atoms with E-state index in [-0.39, 0.29) is 54.5 Å². The lowest BCUT2D eigenvalue weighted by atomic mass is 9.78. The van der Waals surface area contributed by atoms with Crippen molar-refractivity contribution in [3.05, 3.63) is 70.3 Å². The molecule has 1 saturated heterocycles. The van der Waals surface area contributed by atoms with Gasteiger partial charge in [0.25, 0.3) is 5.91 Å². The number of amides is 2. The van der Waals surface area contributed by atoms with Crippen molar-refractivity contribution >= 4 is 17.6 Å². The number of Topliss-reactive ketones (excluding diaryl/α,β-unsaturated/α-hetero) is 1. The number of hydrogen-bond donors (Lipinski definition) is 1. The largest absolute Gasteiger partial charge is 0.341 e. The van der Waals surface area contributed by atoms with E-state index in [0.717, 1.165) is 55.7 Å². The van der Waals surface area contributed by atoms with E-state index in [1.807, 2.05) is 63.5 Å². The van der Waals surface area contributed by atoms with E-state index < -0.39 is 11.6 Å². The molecule has 46 heavy (non-hydrogen) atoms. The monoisotopic (exact) mass is 639 g/mol. The van der Waals surface area contributed by atoms with Crippen molar-refractivity contribution in [2.75, 3.05) is 26.2 Å². The first-order chi connectivity index (χ1) is 22.2. The van der Waals surface area contributed by atoms with Crippen molar-refractivity contribution in [1.29, 1.82) is 0 Å². The Morgan fingerprint density at radius 1 is 0.935 bits per heavy atom. The van der Waals surface area contributed by atoms with Crippen molar-refractivity contribution in [3.8, 4) is 0 Å². The number of halogens is 2. The highest BCUT2D eigenvalue weighted by molar-refractivity contribution is 6.00. The lowest BCUT2D eigenvalue weighted by Crippen LogP contribution is -2.53. The van der Waals surface area contributed by atoms with Crippen LogP contribution in [0.15, 0.2) is 36.4 Å². The summed E-state index contributed by atoms with van der Waals surface area (Å²) in [5.41, 5.74) is 3.20. The van der Waals surface area contributed by atoms with Crippen LogP contribution in [0.5, 0.6) is 0 Å². The van der Waals surface area contributed by atoms with E-state index in [4.69, 9.17) is 0 Å². The van der Waals surface area contributed by atoms with Gasteiger partial charge in [-0.2, -0.15) is 0 Å². The van der Waals surface area contributed by atoms with Crippen molar-refractivity contribution in [2.24, 2.45) is 11.8 Å². The second-order valence-corrected chi connectivity index (χ2v) is 12.5. The first kappa shape index (κ1) is 37.3. The fourth-order valence-electron chi connectivity index (χ4n) is 7.19. The molecule has 2 heterocycles. The molecule has 8 heteroatoms. The predicted octanol–water partition coefficient (Wildman–Crippen LogP) is 7.69. The smallest absolute Gasteiger partial charge is 0.254 e. The molecule has 5 rings (SSSR count). The molecule has 3 aliphatic rings. The van der Waals surface area contributed by atoms with Gasteiger partial charge in [-0.05, 0) is 61.3 Å². The highest BCUT2D eigenvalue weighted by Gasteiger charge is 2.41.